The van der Waals surface area contributed by atoms with Gasteiger partial charge in [-0.15, -0.1) is 0 Å². The number of imidazole rings is 1. The van der Waals surface area contributed by atoms with Crippen LogP contribution in [0, 0.1) is 12.8 Å². The van der Waals surface area contributed by atoms with E-state index in [1.807, 2.05) is 24.3 Å². The molecule has 6 heteroatoms. The molecule has 0 radical (unpaired) electrons. The largest absolute Gasteiger partial charge is 0.359 e. The van der Waals surface area contributed by atoms with Crippen molar-refractivity contribution in [3.05, 3.63) is 77.3 Å². The number of aryl methyl sites for hydroxylation is 3. The second-order valence-electron chi connectivity index (χ2n) is 10.2. The van der Waals surface area contributed by atoms with Gasteiger partial charge in [-0.05, 0) is 80.8 Å². The first kappa shape index (κ1) is 29.3. The Hall–Kier alpha value is -3.25. The summed E-state index contributed by atoms with van der Waals surface area (Å²) < 4.78 is 2.17. The van der Waals surface area contributed by atoms with Gasteiger partial charge in [-0.3, -0.25) is 4.79 Å². The number of hydrogen-bond donors (Lipinski definition) is 2. The lowest BCUT2D eigenvalue weighted by Gasteiger charge is -2.13. The summed E-state index contributed by atoms with van der Waals surface area (Å²) in [5, 5.41) is 6.21. The average molecular weight is 517 g/mol. The molecule has 1 aromatic carbocycles. The summed E-state index contributed by atoms with van der Waals surface area (Å²) in [6, 6.07) is 12.8. The van der Waals surface area contributed by atoms with Crippen LogP contribution in [0.2, 0.25) is 0 Å². The van der Waals surface area contributed by atoms with E-state index in [1.54, 1.807) is 7.05 Å². The van der Waals surface area contributed by atoms with Crippen LogP contribution in [0.3, 0.4) is 0 Å². The molecular weight excluding hydrogens is 472 g/mol. The highest BCUT2D eigenvalue weighted by Gasteiger charge is 2.12. The number of nitrogens with one attached hydrogen (secondary N) is 2. The first-order valence-corrected chi connectivity index (χ1v) is 14.1. The van der Waals surface area contributed by atoms with Crippen LogP contribution >= 0.6 is 0 Å². The van der Waals surface area contributed by atoms with Gasteiger partial charge in [0.05, 0.1) is 11.4 Å². The van der Waals surface area contributed by atoms with E-state index in [2.05, 4.69) is 57.9 Å². The van der Waals surface area contributed by atoms with Crippen LogP contribution in [-0.4, -0.2) is 35.2 Å². The topological polar surface area (TPSA) is 75.5 Å². The van der Waals surface area contributed by atoms with Gasteiger partial charge in [0, 0.05) is 32.1 Å². The van der Waals surface area contributed by atoms with E-state index < -0.39 is 0 Å². The molecular formula is C32H44N4O2. The Labute approximate surface area is 227 Å². The molecule has 0 saturated carbocycles. The Balaban J connectivity index is 1.33. The van der Waals surface area contributed by atoms with E-state index in [0.717, 1.165) is 55.5 Å². The number of fused-ring (bicyclic) bond motifs is 1. The summed E-state index contributed by atoms with van der Waals surface area (Å²) in [6.45, 7) is 7.91. The molecule has 0 bridgehead atoms. The second-order valence-corrected chi connectivity index (χ2v) is 10.2. The van der Waals surface area contributed by atoms with Crippen molar-refractivity contribution in [1.82, 2.24) is 20.0 Å². The standard InChI is InChI=1S/C32H44N4O2/c1-4-28-17-14-26(22-29(28)18-15-27(24-37)16-19-32(38)33-3)12-8-6-5-7-10-20-34-23-30-25(2)35-31-13-9-11-21-36(30)31/h4,9,11,13-14,17,21-22,24,27,34H,1,5-8,10,12,15-16,18-20,23H2,2-3H3,(H,33,38). The first-order chi connectivity index (χ1) is 18.5. The summed E-state index contributed by atoms with van der Waals surface area (Å²) in [7, 11) is 1.63. The Bertz CT molecular complexity index is 1180. The fraction of sp³-hybridized carbons (Fsp3) is 0.469. The maximum absolute atomic E-state index is 11.5. The number of carbonyl (C=O) groups excluding carboxylic acids is 2. The molecule has 6 nitrogen and oxygen atoms in total. The zero-order valence-corrected chi connectivity index (χ0v) is 23.2. The molecule has 2 N–H and O–H groups in total. The summed E-state index contributed by atoms with van der Waals surface area (Å²) in [5.74, 6) is -0.105. The molecule has 0 fully saturated rings. The minimum absolute atomic E-state index is 0.0136. The maximum atomic E-state index is 11.5. The summed E-state index contributed by atoms with van der Waals surface area (Å²) in [6.07, 6.45) is 14.7. The van der Waals surface area contributed by atoms with Gasteiger partial charge >= 0.3 is 0 Å². The monoisotopic (exact) mass is 516 g/mol. The number of pyridine rings is 1. The zero-order valence-electron chi connectivity index (χ0n) is 23.2. The number of nitrogens with zero attached hydrogens (tertiary/aromatic N) is 2. The van der Waals surface area contributed by atoms with E-state index in [-0.39, 0.29) is 11.8 Å². The van der Waals surface area contributed by atoms with Gasteiger partial charge in [-0.1, -0.05) is 56.2 Å². The molecule has 0 aliphatic heterocycles. The quantitative estimate of drug-likeness (QED) is 0.164. The number of unbranched alkanes of at least 4 members (excludes halogenated alkanes) is 4. The summed E-state index contributed by atoms with van der Waals surface area (Å²) >= 11 is 0. The van der Waals surface area contributed by atoms with Crippen molar-refractivity contribution >= 4 is 23.9 Å². The third-order valence-corrected chi connectivity index (χ3v) is 7.37. The molecule has 2 aromatic heterocycles. The highest BCUT2D eigenvalue weighted by Crippen LogP contribution is 2.21. The Morgan fingerprint density at radius 1 is 1.08 bits per heavy atom. The van der Waals surface area contributed by atoms with Gasteiger partial charge < -0.3 is 19.8 Å². The molecule has 0 aliphatic carbocycles. The van der Waals surface area contributed by atoms with Gasteiger partial charge in [0.1, 0.15) is 11.9 Å². The average Bonchev–Trinajstić information content (AvgIpc) is 3.26. The predicted molar refractivity (Wildman–Crippen MR) is 156 cm³/mol. The number of carbonyl (C=O) groups is 2. The molecule has 1 unspecified atom stereocenters. The highest BCUT2D eigenvalue weighted by atomic mass is 16.1. The lowest BCUT2D eigenvalue weighted by Crippen LogP contribution is -2.19. The van der Waals surface area contributed by atoms with Crippen LogP contribution in [0.15, 0.2) is 49.2 Å². The van der Waals surface area contributed by atoms with Gasteiger partial charge in [0.25, 0.3) is 0 Å². The minimum atomic E-state index is -0.0911. The lowest BCUT2D eigenvalue weighted by molar-refractivity contribution is -0.121. The molecule has 1 amide bonds. The Morgan fingerprint density at radius 3 is 2.68 bits per heavy atom. The van der Waals surface area contributed by atoms with Crippen LogP contribution in [0.1, 0.15) is 79.4 Å². The lowest BCUT2D eigenvalue weighted by atomic mass is 9.92. The molecule has 3 rings (SSSR count). The van der Waals surface area contributed by atoms with Crippen LogP contribution in [0.25, 0.3) is 11.7 Å². The third kappa shape index (κ3) is 8.95. The van der Waals surface area contributed by atoms with Crippen molar-refractivity contribution in [2.75, 3.05) is 13.6 Å². The number of aromatic nitrogens is 2. The van der Waals surface area contributed by atoms with Crippen molar-refractivity contribution in [3.8, 4) is 0 Å². The first-order valence-electron chi connectivity index (χ1n) is 14.1. The summed E-state index contributed by atoms with van der Waals surface area (Å²) in [5.41, 5.74) is 7.08. The molecule has 0 aliphatic rings. The minimum Gasteiger partial charge on any atom is -0.359 e. The van der Waals surface area contributed by atoms with Crippen molar-refractivity contribution in [2.24, 2.45) is 5.92 Å². The van der Waals surface area contributed by atoms with Crippen LogP contribution in [0.5, 0.6) is 0 Å². The number of amides is 1. The maximum Gasteiger partial charge on any atom is 0.219 e. The molecule has 0 spiro atoms. The van der Waals surface area contributed by atoms with E-state index in [4.69, 9.17) is 0 Å². The number of aldehydes is 1. The van der Waals surface area contributed by atoms with Crippen LogP contribution in [-0.2, 0) is 29.0 Å². The van der Waals surface area contributed by atoms with E-state index in [9.17, 15) is 9.59 Å². The molecule has 2 heterocycles. The number of rotatable bonds is 18. The predicted octanol–water partition coefficient (Wildman–Crippen LogP) is 5.84. The molecule has 0 saturated heterocycles. The number of hydrogen-bond acceptors (Lipinski definition) is 4. The van der Waals surface area contributed by atoms with Crippen LogP contribution < -0.4 is 10.6 Å². The van der Waals surface area contributed by atoms with Crippen molar-refractivity contribution in [3.63, 3.8) is 0 Å². The normalized spacial score (nSPS) is 11.9. The second kappa shape index (κ2) is 15.9. The van der Waals surface area contributed by atoms with E-state index >= 15 is 0 Å². The molecule has 1 atom stereocenters. The van der Waals surface area contributed by atoms with Crippen molar-refractivity contribution in [2.45, 2.75) is 77.7 Å². The molecule has 204 valence electrons. The van der Waals surface area contributed by atoms with Gasteiger partial charge in [-0.2, -0.15) is 0 Å². The van der Waals surface area contributed by atoms with E-state index in [1.165, 1.54) is 48.9 Å². The molecule has 3 aromatic rings. The highest BCUT2D eigenvalue weighted by molar-refractivity contribution is 5.75. The smallest absolute Gasteiger partial charge is 0.219 e. The molecule has 38 heavy (non-hydrogen) atoms. The van der Waals surface area contributed by atoms with Gasteiger partial charge in [0.2, 0.25) is 5.91 Å². The van der Waals surface area contributed by atoms with E-state index in [0.29, 0.717) is 12.8 Å². The number of benzene rings is 1. The third-order valence-electron chi connectivity index (χ3n) is 7.37. The van der Waals surface area contributed by atoms with Gasteiger partial charge in [0.15, 0.2) is 0 Å². The van der Waals surface area contributed by atoms with Crippen molar-refractivity contribution in [1.29, 1.82) is 0 Å². The van der Waals surface area contributed by atoms with Crippen molar-refractivity contribution < 1.29 is 9.59 Å². The summed E-state index contributed by atoms with van der Waals surface area (Å²) in [4.78, 5) is 27.6. The zero-order chi connectivity index (χ0) is 27.2. The fourth-order valence-corrected chi connectivity index (χ4v) is 4.99. The Morgan fingerprint density at radius 2 is 1.89 bits per heavy atom. The SMILES string of the molecule is C=Cc1ccc(CCCCCCCNCc2c(C)nc3ccccn23)cc1CCC(C=O)CCC(=O)NC. The fourth-order valence-electron chi connectivity index (χ4n) is 4.99. The van der Waals surface area contributed by atoms with Gasteiger partial charge in [-0.25, -0.2) is 4.98 Å². The van der Waals surface area contributed by atoms with Crippen LogP contribution in [0.4, 0.5) is 0 Å². The Kier molecular flexibility index (Phi) is 12.2.